The Morgan fingerprint density at radius 1 is 1.33 bits per heavy atom. The average Bonchev–Trinajstić information content (AvgIpc) is 3.10. The Morgan fingerprint density at radius 3 is 2.56 bits per heavy atom. The number of primary amides is 1. The molecular formula is C13H15FN2O2. The number of nitrogens with one attached hydrogen (secondary N) is 1. The summed E-state index contributed by atoms with van der Waals surface area (Å²) in [5, 5.41) is 2.64. The summed E-state index contributed by atoms with van der Waals surface area (Å²) in [6, 6.07) is 6.30. The highest BCUT2D eigenvalue weighted by atomic mass is 19.1. The molecule has 3 N–H and O–H groups in total. The van der Waals surface area contributed by atoms with Crippen molar-refractivity contribution < 1.29 is 14.0 Å². The number of hydrogen-bond acceptors (Lipinski definition) is 2. The molecule has 4 nitrogen and oxygen atoms in total. The number of hydrogen-bond donors (Lipinski definition) is 2. The van der Waals surface area contributed by atoms with E-state index in [9.17, 15) is 14.0 Å². The summed E-state index contributed by atoms with van der Waals surface area (Å²) in [4.78, 5) is 22.6. The number of nitrogens with two attached hydrogens (primary N) is 1. The summed E-state index contributed by atoms with van der Waals surface area (Å²) in [6.07, 6.45) is 1.37. The lowest BCUT2D eigenvalue weighted by molar-refractivity contribution is -0.123. The number of rotatable bonds is 5. The molecule has 0 bridgehead atoms. The molecule has 1 aliphatic rings. The van der Waals surface area contributed by atoms with Gasteiger partial charge < -0.3 is 11.1 Å². The lowest BCUT2D eigenvalue weighted by Crippen LogP contribution is -2.37. The van der Waals surface area contributed by atoms with E-state index in [1.165, 1.54) is 6.07 Å². The molecule has 1 aromatic rings. The second-order valence-corrected chi connectivity index (χ2v) is 4.53. The summed E-state index contributed by atoms with van der Waals surface area (Å²) in [5.74, 6) is -1.06. The smallest absolute Gasteiger partial charge is 0.230 e. The highest BCUT2D eigenvalue weighted by Crippen LogP contribution is 2.49. The van der Waals surface area contributed by atoms with Gasteiger partial charge in [0.05, 0.1) is 5.41 Å². The van der Waals surface area contributed by atoms with E-state index in [0.717, 1.165) is 0 Å². The van der Waals surface area contributed by atoms with Crippen LogP contribution in [0, 0.1) is 5.82 Å². The zero-order valence-electron chi connectivity index (χ0n) is 9.91. The fraction of sp³-hybridized carbons (Fsp3) is 0.385. The van der Waals surface area contributed by atoms with Gasteiger partial charge in [-0.3, -0.25) is 9.59 Å². The highest BCUT2D eigenvalue weighted by molar-refractivity contribution is 5.91. The molecule has 0 saturated heterocycles. The van der Waals surface area contributed by atoms with E-state index < -0.39 is 11.3 Å². The van der Waals surface area contributed by atoms with Crippen LogP contribution < -0.4 is 11.1 Å². The first-order chi connectivity index (χ1) is 8.56. The molecule has 0 atom stereocenters. The van der Waals surface area contributed by atoms with Crippen LogP contribution in [0.3, 0.4) is 0 Å². The number of carbonyl (C=O) groups is 2. The standard InChI is InChI=1S/C13H15FN2O2/c14-10-4-2-1-3-9(10)13(6-7-13)12(18)16-8-5-11(15)17/h1-4H,5-8H2,(H2,15,17)(H,16,18). The maximum Gasteiger partial charge on any atom is 0.230 e. The summed E-state index contributed by atoms with van der Waals surface area (Å²) in [7, 11) is 0. The molecule has 1 fully saturated rings. The first kappa shape index (κ1) is 12.5. The Morgan fingerprint density at radius 2 is 2.00 bits per heavy atom. The second-order valence-electron chi connectivity index (χ2n) is 4.53. The molecular weight excluding hydrogens is 235 g/mol. The van der Waals surface area contributed by atoms with Crippen molar-refractivity contribution in [1.29, 1.82) is 0 Å². The van der Waals surface area contributed by atoms with Crippen LogP contribution in [0.1, 0.15) is 24.8 Å². The van der Waals surface area contributed by atoms with Crippen LogP contribution in [-0.2, 0) is 15.0 Å². The third-order valence-corrected chi connectivity index (χ3v) is 3.23. The van der Waals surface area contributed by atoms with Crippen molar-refractivity contribution in [2.45, 2.75) is 24.7 Å². The lowest BCUT2D eigenvalue weighted by Gasteiger charge is -2.16. The molecule has 1 aromatic carbocycles. The topological polar surface area (TPSA) is 72.2 Å². The van der Waals surface area contributed by atoms with Crippen molar-refractivity contribution in [3.63, 3.8) is 0 Å². The Hall–Kier alpha value is -1.91. The molecule has 2 rings (SSSR count). The molecule has 0 heterocycles. The maximum absolute atomic E-state index is 13.7. The van der Waals surface area contributed by atoms with E-state index in [2.05, 4.69) is 5.32 Å². The normalized spacial score (nSPS) is 16.1. The maximum atomic E-state index is 13.7. The molecule has 0 aliphatic heterocycles. The fourth-order valence-electron chi connectivity index (χ4n) is 2.06. The number of benzene rings is 1. The second kappa shape index (κ2) is 4.76. The average molecular weight is 250 g/mol. The van der Waals surface area contributed by atoms with Gasteiger partial charge in [0, 0.05) is 18.5 Å². The Bertz CT molecular complexity index is 484. The molecule has 0 spiro atoms. The van der Waals surface area contributed by atoms with Gasteiger partial charge in [-0.2, -0.15) is 0 Å². The Balaban J connectivity index is 2.06. The van der Waals surface area contributed by atoms with Crippen molar-refractivity contribution in [1.82, 2.24) is 5.32 Å². The van der Waals surface area contributed by atoms with E-state index >= 15 is 0 Å². The molecule has 5 heteroatoms. The zero-order valence-corrected chi connectivity index (χ0v) is 9.91. The molecule has 1 saturated carbocycles. The van der Waals surface area contributed by atoms with Gasteiger partial charge in [-0.25, -0.2) is 4.39 Å². The molecule has 0 unspecified atom stereocenters. The SMILES string of the molecule is NC(=O)CCNC(=O)C1(c2ccccc2F)CC1. The van der Waals surface area contributed by atoms with Gasteiger partial charge in [-0.05, 0) is 18.9 Å². The Kier molecular flexibility index (Phi) is 3.32. The van der Waals surface area contributed by atoms with Crippen LogP contribution in [-0.4, -0.2) is 18.4 Å². The largest absolute Gasteiger partial charge is 0.370 e. The van der Waals surface area contributed by atoms with Gasteiger partial charge in [-0.1, -0.05) is 18.2 Å². The summed E-state index contributed by atoms with van der Waals surface area (Å²) in [5.41, 5.74) is 4.67. The van der Waals surface area contributed by atoms with Crippen LogP contribution in [0.5, 0.6) is 0 Å². The van der Waals surface area contributed by atoms with Crippen LogP contribution in [0.15, 0.2) is 24.3 Å². The van der Waals surface area contributed by atoms with Crippen molar-refractivity contribution in [3.05, 3.63) is 35.6 Å². The number of amides is 2. The van der Waals surface area contributed by atoms with E-state index in [4.69, 9.17) is 5.73 Å². The number of halogens is 1. The van der Waals surface area contributed by atoms with Crippen LogP contribution in [0.25, 0.3) is 0 Å². The predicted molar refractivity (Wildman–Crippen MR) is 64.1 cm³/mol. The minimum absolute atomic E-state index is 0.0963. The third-order valence-electron chi connectivity index (χ3n) is 3.23. The highest BCUT2D eigenvalue weighted by Gasteiger charge is 2.52. The molecule has 0 aromatic heterocycles. The van der Waals surface area contributed by atoms with Gasteiger partial charge in [0.25, 0.3) is 0 Å². The first-order valence-electron chi connectivity index (χ1n) is 5.88. The molecule has 18 heavy (non-hydrogen) atoms. The first-order valence-corrected chi connectivity index (χ1v) is 5.88. The fourth-order valence-corrected chi connectivity index (χ4v) is 2.06. The van der Waals surface area contributed by atoms with E-state index in [0.29, 0.717) is 18.4 Å². The molecule has 2 amide bonds. The van der Waals surface area contributed by atoms with E-state index in [-0.39, 0.29) is 24.7 Å². The van der Waals surface area contributed by atoms with Crippen LogP contribution >= 0.6 is 0 Å². The van der Waals surface area contributed by atoms with Gasteiger partial charge in [-0.15, -0.1) is 0 Å². The minimum Gasteiger partial charge on any atom is -0.370 e. The van der Waals surface area contributed by atoms with Gasteiger partial charge >= 0.3 is 0 Å². The quantitative estimate of drug-likeness (QED) is 0.813. The van der Waals surface area contributed by atoms with Crippen molar-refractivity contribution >= 4 is 11.8 Å². The summed E-state index contributed by atoms with van der Waals surface area (Å²) >= 11 is 0. The van der Waals surface area contributed by atoms with Gasteiger partial charge in [0.1, 0.15) is 5.82 Å². The summed E-state index contributed by atoms with van der Waals surface area (Å²) < 4.78 is 13.7. The zero-order chi connectivity index (χ0) is 13.2. The predicted octanol–water partition coefficient (Wildman–Crippen LogP) is 0.849. The monoisotopic (exact) mass is 250 g/mol. The van der Waals surface area contributed by atoms with Crippen molar-refractivity contribution in [3.8, 4) is 0 Å². The van der Waals surface area contributed by atoms with Crippen LogP contribution in [0.2, 0.25) is 0 Å². The lowest BCUT2D eigenvalue weighted by atomic mass is 9.94. The van der Waals surface area contributed by atoms with Gasteiger partial charge in [0.15, 0.2) is 0 Å². The molecule has 96 valence electrons. The van der Waals surface area contributed by atoms with Crippen molar-refractivity contribution in [2.24, 2.45) is 5.73 Å². The summed E-state index contributed by atoms with van der Waals surface area (Å²) in [6.45, 7) is 0.199. The van der Waals surface area contributed by atoms with Crippen molar-refractivity contribution in [2.75, 3.05) is 6.54 Å². The van der Waals surface area contributed by atoms with Crippen LogP contribution in [0.4, 0.5) is 4.39 Å². The van der Waals surface area contributed by atoms with Gasteiger partial charge in [0.2, 0.25) is 11.8 Å². The number of carbonyl (C=O) groups excluding carboxylic acids is 2. The van der Waals surface area contributed by atoms with E-state index in [1.54, 1.807) is 18.2 Å². The minimum atomic E-state index is -0.747. The molecule has 0 radical (unpaired) electrons. The Labute approximate surface area is 104 Å². The van der Waals surface area contributed by atoms with E-state index in [1.807, 2.05) is 0 Å². The third kappa shape index (κ3) is 2.34. The molecule has 1 aliphatic carbocycles.